The second-order valence-electron chi connectivity index (χ2n) is 5.63. The third-order valence-corrected chi connectivity index (χ3v) is 5.50. The molecule has 1 fully saturated rings. The molecule has 0 aliphatic carbocycles. The molecule has 0 aromatic carbocycles. The van der Waals surface area contributed by atoms with Gasteiger partial charge in [-0.2, -0.15) is 5.10 Å². The van der Waals surface area contributed by atoms with Crippen molar-refractivity contribution < 1.29 is 9.21 Å². The number of hydrogen-bond acceptors (Lipinski definition) is 4. The molecule has 0 N–H and O–H groups in total. The third kappa shape index (κ3) is 2.79. The Balaban J connectivity index is 1.74. The number of aryl methyl sites for hydroxylation is 2. The molecule has 1 saturated heterocycles. The number of aromatic nitrogens is 2. The van der Waals surface area contributed by atoms with Crippen LogP contribution in [0.5, 0.6) is 0 Å². The second-order valence-corrected chi connectivity index (χ2v) is 6.94. The van der Waals surface area contributed by atoms with Gasteiger partial charge in [0.15, 0.2) is 0 Å². The van der Waals surface area contributed by atoms with E-state index in [4.69, 9.17) is 4.42 Å². The predicted molar refractivity (Wildman–Crippen MR) is 87.1 cm³/mol. The van der Waals surface area contributed by atoms with Crippen molar-refractivity contribution in [2.24, 2.45) is 7.05 Å². The Hall–Kier alpha value is -1.69. The van der Waals surface area contributed by atoms with Crippen LogP contribution in [0.1, 0.15) is 39.2 Å². The summed E-state index contributed by atoms with van der Waals surface area (Å²) in [6, 6.07) is 3.94. The van der Waals surface area contributed by atoms with E-state index in [1.165, 1.54) is 0 Å². The maximum absolute atomic E-state index is 12.8. The first-order valence-electron chi connectivity index (χ1n) is 7.52. The smallest absolute Gasteiger partial charge is 0.257 e. The Morgan fingerprint density at radius 2 is 2.23 bits per heavy atom. The van der Waals surface area contributed by atoms with E-state index in [9.17, 15) is 4.79 Å². The second kappa shape index (κ2) is 6.20. The molecule has 0 spiro atoms. The van der Waals surface area contributed by atoms with E-state index in [-0.39, 0.29) is 5.91 Å². The van der Waals surface area contributed by atoms with E-state index in [2.05, 4.69) is 5.10 Å². The lowest BCUT2D eigenvalue weighted by atomic mass is 10.1. The molecule has 0 saturated carbocycles. The number of amides is 1. The molecule has 1 atom stereocenters. The van der Waals surface area contributed by atoms with E-state index in [0.29, 0.717) is 5.25 Å². The zero-order valence-electron chi connectivity index (χ0n) is 13.2. The van der Waals surface area contributed by atoms with Crippen molar-refractivity contribution in [1.29, 1.82) is 0 Å². The molecule has 2 aromatic heterocycles. The summed E-state index contributed by atoms with van der Waals surface area (Å²) >= 11 is 1.86. The van der Waals surface area contributed by atoms with Gasteiger partial charge < -0.3 is 9.32 Å². The Morgan fingerprint density at radius 1 is 1.41 bits per heavy atom. The molecule has 0 unspecified atom stereocenters. The van der Waals surface area contributed by atoms with Crippen molar-refractivity contribution in [2.75, 3.05) is 18.8 Å². The SMILES string of the molecule is Cc1nn(C)c(C)c1C(=O)N1CCS[C@H](c2ccco2)CC1. The minimum Gasteiger partial charge on any atom is -0.468 e. The van der Waals surface area contributed by atoms with Crippen LogP contribution in [0.4, 0.5) is 0 Å². The molecule has 3 rings (SSSR count). The molecular weight excluding hydrogens is 298 g/mol. The van der Waals surface area contributed by atoms with Crippen LogP contribution < -0.4 is 0 Å². The summed E-state index contributed by atoms with van der Waals surface area (Å²) in [4.78, 5) is 14.8. The van der Waals surface area contributed by atoms with Crippen molar-refractivity contribution in [3.8, 4) is 0 Å². The highest BCUT2D eigenvalue weighted by Crippen LogP contribution is 2.34. The number of hydrogen-bond donors (Lipinski definition) is 0. The van der Waals surface area contributed by atoms with Gasteiger partial charge in [-0.3, -0.25) is 9.48 Å². The minimum absolute atomic E-state index is 0.101. The lowest BCUT2D eigenvalue weighted by molar-refractivity contribution is 0.0764. The molecule has 6 heteroatoms. The van der Waals surface area contributed by atoms with Gasteiger partial charge >= 0.3 is 0 Å². The van der Waals surface area contributed by atoms with Crippen molar-refractivity contribution in [1.82, 2.24) is 14.7 Å². The number of carbonyl (C=O) groups is 1. The van der Waals surface area contributed by atoms with Crippen molar-refractivity contribution in [3.05, 3.63) is 41.1 Å². The van der Waals surface area contributed by atoms with Gasteiger partial charge in [-0.15, -0.1) is 11.8 Å². The molecule has 1 aliphatic rings. The maximum atomic E-state index is 12.8. The average Bonchev–Trinajstić information content (AvgIpc) is 3.01. The number of furan rings is 1. The Bertz CT molecular complexity index is 663. The molecule has 0 bridgehead atoms. The minimum atomic E-state index is 0.101. The Morgan fingerprint density at radius 3 is 2.86 bits per heavy atom. The van der Waals surface area contributed by atoms with Crippen LogP contribution in [-0.2, 0) is 7.05 Å². The molecule has 5 nitrogen and oxygen atoms in total. The average molecular weight is 319 g/mol. The monoisotopic (exact) mass is 319 g/mol. The predicted octanol–water partition coefficient (Wildman–Crippen LogP) is 2.95. The normalized spacial score (nSPS) is 19.2. The van der Waals surface area contributed by atoms with E-state index in [1.54, 1.807) is 10.9 Å². The first-order valence-corrected chi connectivity index (χ1v) is 8.57. The van der Waals surface area contributed by atoms with E-state index >= 15 is 0 Å². The standard InChI is InChI=1S/C16H21N3O2S/c1-11-15(12(2)18(3)17-11)16(20)19-7-6-14(22-10-8-19)13-5-4-9-21-13/h4-5,9,14H,6-8,10H2,1-3H3/t14-/m0/s1. The molecular formula is C16H21N3O2S. The highest BCUT2D eigenvalue weighted by molar-refractivity contribution is 7.99. The third-order valence-electron chi connectivity index (χ3n) is 4.21. The van der Waals surface area contributed by atoms with Gasteiger partial charge in [-0.25, -0.2) is 0 Å². The Kier molecular flexibility index (Phi) is 4.29. The highest BCUT2D eigenvalue weighted by atomic mass is 32.2. The van der Waals surface area contributed by atoms with E-state index in [1.807, 2.05) is 49.7 Å². The van der Waals surface area contributed by atoms with Crippen LogP contribution >= 0.6 is 11.8 Å². The van der Waals surface area contributed by atoms with E-state index < -0.39 is 0 Å². The maximum Gasteiger partial charge on any atom is 0.257 e. The number of carbonyl (C=O) groups excluding carboxylic acids is 1. The summed E-state index contributed by atoms with van der Waals surface area (Å²) in [6.07, 6.45) is 2.63. The van der Waals surface area contributed by atoms with E-state index in [0.717, 1.165) is 48.0 Å². The number of nitrogens with zero attached hydrogens (tertiary/aromatic N) is 3. The summed E-state index contributed by atoms with van der Waals surface area (Å²) < 4.78 is 7.29. The summed E-state index contributed by atoms with van der Waals surface area (Å²) in [6.45, 7) is 5.38. The lowest BCUT2D eigenvalue weighted by Gasteiger charge is -2.20. The zero-order chi connectivity index (χ0) is 15.7. The van der Waals surface area contributed by atoms with Gasteiger partial charge in [0.2, 0.25) is 0 Å². The summed E-state index contributed by atoms with van der Waals surface area (Å²) in [5.74, 6) is 2.03. The fourth-order valence-electron chi connectivity index (χ4n) is 2.92. The van der Waals surface area contributed by atoms with Crippen LogP contribution in [0.2, 0.25) is 0 Å². The van der Waals surface area contributed by atoms with Crippen LogP contribution in [0.25, 0.3) is 0 Å². The largest absolute Gasteiger partial charge is 0.468 e. The molecule has 2 aromatic rings. The van der Waals surface area contributed by atoms with Gasteiger partial charge in [0, 0.05) is 31.6 Å². The fourth-order valence-corrected chi connectivity index (χ4v) is 4.10. The van der Waals surface area contributed by atoms with Crippen molar-refractivity contribution >= 4 is 17.7 Å². The van der Waals surface area contributed by atoms with Gasteiger partial charge in [0.05, 0.1) is 22.8 Å². The first-order chi connectivity index (χ1) is 10.6. The van der Waals surface area contributed by atoms with Crippen LogP contribution in [0.3, 0.4) is 0 Å². The molecule has 1 aliphatic heterocycles. The summed E-state index contributed by atoms with van der Waals surface area (Å²) in [5, 5.41) is 4.69. The molecule has 3 heterocycles. The van der Waals surface area contributed by atoms with Gasteiger partial charge in [-0.05, 0) is 32.4 Å². The fraction of sp³-hybridized carbons (Fsp3) is 0.500. The van der Waals surface area contributed by atoms with Gasteiger partial charge in [0.25, 0.3) is 5.91 Å². The first kappa shape index (κ1) is 15.2. The molecule has 118 valence electrons. The van der Waals surface area contributed by atoms with Gasteiger partial charge in [0.1, 0.15) is 5.76 Å². The lowest BCUT2D eigenvalue weighted by Crippen LogP contribution is -2.33. The van der Waals surface area contributed by atoms with Crippen LogP contribution in [0, 0.1) is 13.8 Å². The topological polar surface area (TPSA) is 51.3 Å². The van der Waals surface area contributed by atoms with Crippen molar-refractivity contribution in [3.63, 3.8) is 0 Å². The zero-order valence-corrected chi connectivity index (χ0v) is 14.0. The number of rotatable bonds is 2. The van der Waals surface area contributed by atoms with Crippen LogP contribution in [0.15, 0.2) is 22.8 Å². The summed E-state index contributed by atoms with van der Waals surface area (Å²) in [5.41, 5.74) is 2.50. The van der Waals surface area contributed by atoms with Gasteiger partial charge in [-0.1, -0.05) is 0 Å². The Labute approximate surface area is 134 Å². The molecule has 0 radical (unpaired) electrons. The van der Waals surface area contributed by atoms with Crippen LogP contribution in [-0.4, -0.2) is 39.4 Å². The quantitative estimate of drug-likeness (QED) is 0.854. The highest BCUT2D eigenvalue weighted by Gasteiger charge is 2.27. The molecule has 1 amide bonds. The molecule has 22 heavy (non-hydrogen) atoms. The summed E-state index contributed by atoms with van der Waals surface area (Å²) in [7, 11) is 1.88. The van der Waals surface area contributed by atoms with Crippen molar-refractivity contribution in [2.45, 2.75) is 25.5 Å². The number of thioether (sulfide) groups is 1.